The number of hydrogen-bond donors (Lipinski definition) is 2. The van der Waals surface area contributed by atoms with Gasteiger partial charge in [0.25, 0.3) is 5.91 Å². The summed E-state index contributed by atoms with van der Waals surface area (Å²) >= 11 is 5.83. The summed E-state index contributed by atoms with van der Waals surface area (Å²) in [5.41, 5.74) is 5.00. The molecule has 0 saturated heterocycles. The number of esters is 1. The molecule has 0 aromatic heterocycles. The van der Waals surface area contributed by atoms with Crippen molar-refractivity contribution in [3.8, 4) is 0 Å². The summed E-state index contributed by atoms with van der Waals surface area (Å²) in [5.74, 6) is -2.03. The predicted octanol–water partition coefficient (Wildman–Crippen LogP) is 1.79. The Morgan fingerprint density at radius 2 is 1.73 bits per heavy atom. The second-order valence-electron chi connectivity index (χ2n) is 5.11. The first-order chi connectivity index (χ1) is 10.3. The van der Waals surface area contributed by atoms with Crippen molar-refractivity contribution in [3.05, 3.63) is 34.9 Å². The number of hydrazine groups is 1. The summed E-state index contributed by atoms with van der Waals surface area (Å²) in [4.78, 5) is 34.2. The van der Waals surface area contributed by atoms with Gasteiger partial charge in [0, 0.05) is 11.9 Å². The second-order valence-corrected chi connectivity index (χ2v) is 5.55. The average molecular weight is 327 g/mol. The topological polar surface area (TPSA) is 84.5 Å². The maximum absolute atomic E-state index is 12.2. The van der Waals surface area contributed by atoms with Crippen molar-refractivity contribution < 1.29 is 19.1 Å². The molecule has 0 unspecified atom stereocenters. The van der Waals surface area contributed by atoms with Gasteiger partial charge in [0.15, 0.2) is 6.61 Å². The van der Waals surface area contributed by atoms with Gasteiger partial charge in [-0.05, 0) is 23.6 Å². The molecule has 0 radical (unpaired) electrons. The van der Waals surface area contributed by atoms with E-state index in [9.17, 15) is 14.4 Å². The van der Waals surface area contributed by atoms with Gasteiger partial charge in [-0.15, -0.1) is 0 Å². The van der Waals surface area contributed by atoms with Crippen LogP contribution in [0, 0.1) is 5.92 Å². The molecule has 22 heavy (non-hydrogen) atoms. The minimum Gasteiger partial charge on any atom is -0.455 e. The molecule has 7 heteroatoms. The number of carbonyl (C=O) groups excluding carboxylic acids is 3. The Kier molecular flexibility index (Phi) is 6.85. The van der Waals surface area contributed by atoms with Gasteiger partial charge in [0.2, 0.25) is 5.91 Å². The number of nitrogens with one attached hydrogen (secondary N) is 2. The van der Waals surface area contributed by atoms with Gasteiger partial charge in [-0.25, -0.2) is 0 Å². The predicted molar refractivity (Wildman–Crippen MR) is 81.9 cm³/mol. The smallest absolute Gasteiger partial charge is 0.314 e. The van der Waals surface area contributed by atoms with Crippen LogP contribution in [-0.4, -0.2) is 24.4 Å². The molecule has 0 aliphatic carbocycles. The molecule has 1 aromatic carbocycles. The van der Waals surface area contributed by atoms with E-state index >= 15 is 0 Å². The highest BCUT2D eigenvalue weighted by atomic mass is 35.5. The Bertz CT molecular complexity index is 543. The van der Waals surface area contributed by atoms with E-state index in [1.165, 1.54) is 6.92 Å². The number of carbonyl (C=O) groups is 3. The Morgan fingerprint density at radius 3 is 2.23 bits per heavy atom. The highest BCUT2D eigenvalue weighted by Crippen LogP contribution is 2.27. The van der Waals surface area contributed by atoms with Gasteiger partial charge < -0.3 is 4.74 Å². The van der Waals surface area contributed by atoms with E-state index in [1.54, 1.807) is 24.3 Å². The van der Waals surface area contributed by atoms with Crippen molar-refractivity contribution >= 4 is 29.4 Å². The van der Waals surface area contributed by atoms with Crippen LogP contribution in [0.5, 0.6) is 0 Å². The summed E-state index contributed by atoms with van der Waals surface area (Å²) in [6.45, 7) is 4.56. The van der Waals surface area contributed by atoms with E-state index in [0.717, 1.165) is 5.56 Å². The zero-order chi connectivity index (χ0) is 16.7. The van der Waals surface area contributed by atoms with Gasteiger partial charge in [0.1, 0.15) is 0 Å². The first-order valence-corrected chi connectivity index (χ1v) is 7.16. The zero-order valence-electron chi connectivity index (χ0n) is 12.7. The Morgan fingerprint density at radius 1 is 1.14 bits per heavy atom. The highest BCUT2D eigenvalue weighted by molar-refractivity contribution is 6.30. The van der Waals surface area contributed by atoms with Crippen LogP contribution in [0.15, 0.2) is 24.3 Å². The van der Waals surface area contributed by atoms with E-state index in [0.29, 0.717) is 5.02 Å². The monoisotopic (exact) mass is 326 g/mol. The molecule has 0 aliphatic heterocycles. The number of ether oxygens (including phenoxy) is 1. The molecule has 1 aromatic rings. The van der Waals surface area contributed by atoms with Crippen molar-refractivity contribution in [2.45, 2.75) is 26.7 Å². The maximum atomic E-state index is 12.2. The molecule has 0 heterocycles. The molecule has 2 amide bonds. The van der Waals surface area contributed by atoms with Crippen molar-refractivity contribution in [2.75, 3.05) is 6.61 Å². The molecule has 0 fully saturated rings. The van der Waals surface area contributed by atoms with Gasteiger partial charge in [-0.1, -0.05) is 37.6 Å². The fourth-order valence-corrected chi connectivity index (χ4v) is 2.01. The van der Waals surface area contributed by atoms with Crippen LogP contribution in [0.25, 0.3) is 0 Å². The summed E-state index contributed by atoms with van der Waals surface area (Å²) < 4.78 is 5.01. The Balaban J connectivity index is 2.64. The van der Waals surface area contributed by atoms with Crippen LogP contribution in [0.3, 0.4) is 0 Å². The van der Waals surface area contributed by atoms with Crippen LogP contribution >= 0.6 is 11.6 Å². The standard InChI is InChI=1S/C15H19ClN2O4/c1-9(2)14(11-4-6-12(16)7-5-11)15(21)22-8-13(20)18-17-10(3)19/h4-7,9,14H,8H2,1-3H3,(H,17,19)(H,18,20)/t14-/m1/s1. The van der Waals surface area contributed by atoms with Crippen LogP contribution in [0.1, 0.15) is 32.3 Å². The van der Waals surface area contributed by atoms with Crippen LogP contribution in [0.2, 0.25) is 5.02 Å². The van der Waals surface area contributed by atoms with Gasteiger partial charge >= 0.3 is 5.97 Å². The molecular weight excluding hydrogens is 308 g/mol. The molecule has 0 bridgehead atoms. The average Bonchev–Trinajstić information content (AvgIpc) is 2.44. The Labute approximate surface area is 134 Å². The zero-order valence-corrected chi connectivity index (χ0v) is 13.4. The molecule has 0 saturated carbocycles. The third-order valence-corrected chi connectivity index (χ3v) is 3.13. The Hall–Kier alpha value is -2.08. The molecule has 1 atom stereocenters. The molecule has 120 valence electrons. The quantitative estimate of drug-likeness (QED) is 0.638. The lowest BCUT2D eigenvalue weighted by atomic mass is 9.88. The van der Waals surface area contributed by atoms with Crippen molar-refractivity contribution in [1.29, 1.82) is 0 Å². The largest absolute Gasteiger partial charge is 0.455 e. The summed E-state index contributed by atoms with van der Waals surface area (Å²) in [5, 5.41) is 0.578. The lowest BCUT2D eigenvalue weighted by Gasteiger charge is -2.19. The van der Waals surface area contributed by atoms with E-state index in [4.69, 9.17) is 16.3 Å². The minimum atomic E-state index is -0.609. The molecule has 6 nitrogen and oxygen atoms in total. The van der Waals surface area contributed by atoms with Crippen molar-refractivity contribution in [1.82, 2.24) is 10.9 Å². The molecule has 2 N–H and O–H groups in total. The first-order valence-electron chi connectivity index (χ1n) is 6.78. The summed E-state index contributed by atoms with van der Waals surface area (Å²) in [6.07, 6.45) is 0. The fourth-order valence-electron chi connectivity index (χ4n) is 1.88. The van der Waals surface area contributed by atoms with E-state index < -0.39 is 30.3 Å². The lowest BCUT2D eigenvalue weighted by molar-refractivity contribution is -0.151. The number of amides is 2. The molecular formula is C15H19ClN2O4. The summed E-state index contributed by atoms with van der Waals surface area (Å²) in [6, 6.07) is 6.91. The number of benzene rings is 1. The lowest BCUT2D eigenvalue weighted by Crippen LogP contribution is -2.42. The van der Waals surface area contributed by atoms with E-state index in [-0.39, 0.29) is 5.92 Å². The minimum absolute atomic E-state index is 0.00733. The number of halogens is 1. The van der Waals surface area contributed by atoms with Gasteiger partial charge in [-0.2, -0.15) is 0 Å². The van der Waals surface area contributed by atoms with Crippen molar-refractivity contribution in [2.24, 2.45) is 5.92 Å². The van der Waals surface area contributed by atoms with Crippen LogP contribution in [0.4, 0.5) is 0 Å². The van der Waals surface area contributed by atoms with E-state index in [2.05, 4.69) is 10.9 Å². The van der Waals surface area contributed by atoms with Crippen LogP contribution < -0.4 is 10.9 Å². The number of hydrogen-bond acceptors (Lipinski definition) is 4. The van der Waals surface area contributed by atoms with Gasteiger partial charge in [-0.3, -0.25) is 25.2 Å². The SMILES string of the molecule is CC(=O)NNC(=O)COC(=O)[C@@H](c1ccc(Cl)cc1)C(C)C. The fraction of sp³-hybridized carbons (Fsp3) is 0.400. The van der Waals surface area contributed by atoms with Crippen LogP contribution in [-0.2, 0) is 19.1 Å². The number of rotatable bonds is 5. The van der Waals surface area contributed by atoms with E-state index in [1.807, 2.05) is 13.8 Å². The third kappa shape index (κ3) is 5.73. The second kappa shape index (κ2) is 8.38. The third-order valence-electron chi connectivity index (χ3n) is 2.87. The summed E-state index contributed by atoms with van der Waals surface area (Å²) in [7, 11) is 0. The highest BCUT2D eigenvalue weighted by Gasteiger charge is 2.26. The first kappa shape index (κ1) is 18.0. The van der Waals surface area contributed by atoms with Gasteiger partial charge in [0.05, 0.1) is 5.92 Å². The normalized spacial score (nSPS) is 11.7. The molecule has 0 spiro atoms. The molecule has 0 aliphatic rings. The maximum Gasteiger partial charge on any atom is 0.314 e. The molecule has 1 rings (SSSR count). The van der Waals surface area contributed by atoms with Crippen molar-refractivity contribution in [3.63, 3.8) is 0 Å².